The van der Waals surface area contributed by atoms with Gasteiger partial charge in [-0.1, -0.05) is 18.2 Å². The van der Waals surface area contributed by atoms with Crippen molar-refractivity contribution >= 4 is 21.6 Å². The Bertz CT molecular complexity index is 1150. The summed E-state index contributed by atoms with van der Waals surface area (Å²) in [6.45, 7) is 6.10. The third kappa shape index (κ3) is 7.62. The Balaban J connectivity index is 1.51. The molecule has 8 heteroatoms. The highest BCUT2D eigenvalue weighted by Crippen LogP contribution is 2.18. The summed E-state index contributed by atoms with van der Waals surface area (Å²) >= 11 is 0. The minimum atomic E-state index is -3.63. The standard InChI is InChI=1S/C25H28N2O5S/c1-25(2,3)27-33(29,30)23-15-11-20(12-16-23)26-24(28)19-9-13-22(14-10-19)32-18-17-31-21-7-5-4-6-8-21/h4-16,27H,17-18H2,1-3H3,(H,26,28). The van der Waals surface area contributed by atoms with Crippen LogP contribution in [0.25, 0.3) is 0 Å². The van der Waals surface area contributed by atoms with Crippen LogP contribution < -0.4 is 19.5 Å². The number of sulfonamides is 1. The molecule has 0 aliphatic heterocycles. The molecule has 0 bridgehead atoms. The first-order valence-electron chi connectivity index (χ1n) is 10.5. The van der Waals surface area contributed by atoms with Crippen molar-refractivity contribution in [2.24, 2.45) is 0 Å². The van der Waals surface area contributed by atoms with E-state index in [1.807, 2.05) is 30.3 Å². The lowest BCUT2D eigenvalue weighted by atomic mass is 10.1. The quantitative estimate of drug-likeness (QED) is 0.452. The van der Waals surface area contributed by atoms with E-state index in [0.717, 1.165) is 5.75 Å². The summed E-state index contributed by atoms with van der Waals surface area (Å²) in [6, 6.07) is 22.3. The Morgan fingerprint density at radius 2 is 1.33 bits per heavy atom. The number of anilines is 1. The maximum atomic E-state index is 12.5. The van der Waals surface area contributed by atoms with Gasteiger partial charge >= 0.3 is 0 Å². The van der Waals surface area contributed by atoms with Crippen molar-refractivity contribution in [3.8, 4) is 11.5 Å². The molecule has 2 N–H and O–H groups in total. The number of hydrogen-bond donors (Lipinski definition) is 2. The van der Waals surface area contributed by atoms with Gasteiger partial charge in [-0.2, -0.15) is 0 Å². The molecule has 0 fully saturated rings. The fourth-order valence-electron chi connectivity index (χ4n) is 2.92. The maximum absolute atomic E-state index is 12.5. The molecule has 33 heavy (non-hydrogen) atoms. The zero-order valence-corrected chi connectivity index (χ0v) is 19.7. The van der Waals surface area contributed by atoms with Crippen LogP contribution in [0.3, 0.4) is 0 Å². The highest BCUT2D eigenvalue weighted by Gasteiger charge is 2.21. The van der Waals surface area contributed by atoms with Gasteiger partial charge in [0.1, 0.15) is 24.7 Å². The molecule has 0 saturated heterocycles. The summed E-state index contributed by atoms with van der Waals surface area (Å²) in [6.07, 6.45) is 0. The molecule has 0 atom stereocenters. The van der Waals surface area contributed by atoms with Crippen molar-refractivity contribution in [3.63, 3.8) is 0 Å². The predicted octanol–water partition coefficient (Wildman–Crippen LogP) is 4.47. The van der Waals surface area contributed by atoms with Crippen molar-refractivity contribution in [2.75, 3.05) is 18.5 Å². The number of carbonyl (C=O) groups is 1. The monoisotopic (exact) mass is 468 g/mol. The lowest BCUT2D eigenvalue weighted by Crippen LogP contribution is -2.40. The molecule has 0 spiro atoms. The Kier molecular flexibility index (Phi) is 7.73. The number of hydrogen-bond acceptors (Lipinski definition) is 5. The van der Waals surface area contributed by atoms with E-state index in [2.05, 4.69) is 10.0 Å². The van der Waals surface area contributed by atoms with E-state index in [9.17, 15) is 13.2 Å². The van der Waals surface area contributed by atoms with Crippen LogP contribution in [0.4, 0.5) is 5.69 Å². The minimum absolute atomic E-state index is 0.133. The maximum Gasteiger partial charge on any atom is 0.255 e. The zero-order chi connectivity index (χ0) is 23.9. The Labute approximate surface area is 194 Å². The van der Waals surface area contributed by atoms with E-state index in [1.54, 1.807) is 57.2 Å². The summed E-state index contributed by atoms with van der Waals surface area (Å²) in [7, 11) is -3.63. The zero-order valence-electron chi connectivity index (χ0n) is 18.9. The average molecular weight is 469 g/mol. The van der Waals surface area contributed by atoms with Crippen LogP contribution in [-0.4, -0.2) is 33.1 Å². The summed E-state index contributed by atoms with van der Waals surface area (Å²) in [5.74, 6) is 1.10. The van der Waals surface area contributed by atoms with Crippen LogP contribution in [-0.2, 0) is 10.0 Å². The second-order valence-electron chi connectivity index (χ2n) is 8.37. The summed E-state index contributed by atoms with van der Waals surface area (Å²) in [5, 5.41) is 2.76. The highest BCUT2D eigenvalue weighted by molar-refractivity contribution is 7.89. The van der Waals surface area contributed by atoms with Gasteiger partial charge in [0.25, 0.3) is 5.91 Å². The first-order valence-corrected chi connectivity index (χ1v) is 12.0. The van der Waals surface area contributed by atoms with E-state index >= 15 is 0 Å². The second-order valence-corrected chi connectivity index (χ2v) is 10.1. The van der Waals surface area contributed by atoms with Gasteiger partial charge < -0.3 is 14.8 Å². The van der Waals surface area contributed by atoms with E-state index in [-0.39, 0.29) is 10.8 Å². The number of carbonyl (C=O) groups excluding carboxylic acids is 1. The van der Waals surface area contributed by atoms with Gasteiger partial charge in [-0.25, -0.2) is 13.1 Å². The van der Waals surface area contributed by atoms with Gasteiger partial charge in [0, 0.05) is 16.8 Å². The van der Waals surface area contributed by atoms with Gasteiger partial charge in [-0.05, 0) is 81.4 Å². The molecule has 0 aromatic heterocycles. The number of ether oxygens (including phenoxy) is 2. The van der Waals surface area contributed by atoms with Crippen LogP contribution in [0.2, 0.25) is 0 Å². The largest absolute Gasteiger partial charge is 0.490 e. The van der Waals surface area contributed by atoms with E-state index in [1.165, 1.54) is 12.1 Å². The molecule has 0 heterocycles. The molecular weight excluding hydrogens is 440 g/mol. The lowest BCUT2D eigenvalue weighted by Gasteiger charge is -2.20. The van der Waals surface area contributed by atoms with E-state index in [4.69, 9.17) is 9.47 Å². The number of amides is 1. The Hall–Kier alpha value is -3.36. The fourth-order valence-corrected chi connectivity index (χ4v) is 4.34. The molecule has 0 saturated carbocycles. The Morgan fingerprint density at radius 3 is 1.88 bits per heavy atom. The first kappa shape index (κ1) is 24.3. The lowest BCUT2D eigenvalue weighted by molar-refractivity contribution is 0.102. The predicted molar refractivity (Wildman–Crippen MR) is 128 cm³/mol. The van der Waals surface area contributed by atoms with Crippen LogP contribution >= 0.6 is 0 Å². The molecule has 0 unspecified atom stereocenters. The molecule has 0 aliphatic rings. The van der Waals surface area contributed by atoms with Crippen LogP contribution in [0.1, 0.15) is 31.1 Å². The van der Waals surface area contributed by atoms with Crippen molar-refractivity contribution in [3.05, 3.63) is 84.4 Å². The highest BCUT2D eigenvalue weighted by atomic mass is 32.2. The van der Waals surface area contributed by atoms with Crippen LogP contribution in [0, 0.1) is 0 Å². The molecular formula is C25H28N2O5S. The third-order valence-corrected chi connectivity index (χ3v) is 6.12. The SMILES string of the molecule is CC(C)(C)NS(=O)(=O)c1ccc(NC(=O)c2ccc(OCCOc3ccccc3)cc2)cc1. The molecule has 3 aromatic carbocycles. The van der Waals surface area contributed by atoms with Crippen LogP contribution in [0.5, 0.6) is 11.5 Å². The molecule has 3 aromatic rings. The van der Waals surface area contributed by atoms with E-state index < -0.39 is 15.6 Å². The van der Waals surface area contributed by atoms with Gasteiger partial charge in [-0.15, -0.1) is 0 Å². The molecule has 1 amide bonds. The van der Waals surface area contributed by atoms with Gasteiger partial charge in [0.2, 0.25) is 10.0 Å². The normalized spacial score (nSPS) is 11.6. The summed E-state index contributed by atoms with van der Waals surface area (Å²) < 4.78 is 38.6. The average Bonchev–Trinajstić information content (AvgIpc) is 2.76. The number of nitrogens with one attached hydrogen (secondary N) is 2. The van der Waals surface area contributed by atoms with Crippen molar-refractivity contribution in [1.82, 2.24) is 4.72 Å². The Morgan fingerprint density at radius 1 is 0.788 bits per heavy atom. The molecule has 0 aliphatic carbocycles. The van der Waals surface area contributed by atoms with Crippen molar-refractivity contribution < 1.29 is 22.7 Å². The van der Waals surface area contributed by atoms with Crippen molar-refractivity contribution in [2.45, 2.75) is 31.2 Å². The number of rotatable bonds is 9. The van der Waals surface area contributed by atoms with Gasteiger partial charge in [0.05, 0.1) is 4.90 Å². The number of benzene rings is 3. The minimum Gasteiger partial charge on any atom is -0.490 e. The smallest absolute Gasteiger partial charge is 0.255 e. The van der Waals surface area contributed by atoms with Gasteiger partial charge in [0.15, 0.2) is 0 Å². The molecule has 174 valence electrons. The summed E-state index contributed by atoms with van der Waals surface area (Å²) in [4.78, 5) is 12.6. The number of para-hydroxylation sites is 1. The molecule has 0 radical (unpaired) electrons. The summed E-state index contributed by atoms with van der Waals surface area (Å²) in [5.41, 5.74) is 0.360. The first-order chi connectivity index (χ1) is 15.6. The third-order valence-electron chi connectivity index (χ3n) is 4.34. The van der Waals surface area contributed by atoms with Gasteiger partial charge in [-0.3, -0.25) is 4.79 Å². The van der Waals surface area contributed by atoms with E-state index in [0.29, 0.717) is 30.2 Å². The molecule has 3 rings (SSSR count). The van der Waals surface area contributed by atoms with Crippen molar-refractivity contribution in [1.29, 1.82) is 0 Å². The molecule has 7 nitrogen and oxygen atoms in total. The van der Waals surface area contributed by atoms with Crippen LogP contribution in [0.15, 0.2) is 83.8 Å². The fraction of sp³-hybridized carbons (Fsp3) is 0.240. The second kappa shape index (κ2) is 10.5. The topological polar surface area (TPSA) is 93.7 Å².